The maximum absolute atomic E-state index is 11.8. The van der Waals surface area contributed by atoms with Gasteiger partial charge in [-0.05, 0) is 13.8 Å². The number of carbonyl (C=O) groups is 2. The Morgan fingerprint density at radius 1 is 1.25 bits per heavy atom. The maximum Gasteiger partial charge on any atom is 0.392 e. The van der Waals surface area contributed by atoms with Gasteiger partial charge >= 0.3 is 11.9 Å². The summed E-state index contributed by atoms with van der Waals surface area (Å²) in [4.78, 5) is 30.7. The normalized spacial score (nSPS) is 37.2. The van der Waals surface area contributed by atoms with Gasteiger partial charge in [-0.2, -0.15) is 0 Å². The molecule has 1 rings (SSSR count). The molecule has 7 unspecified atom stereocenters. The summed E-state index contributed by atoms with van der Waals surface area (Å²) in [5.74, 6) is -6.44. The van der Waals surface area contributed by atoms with Gasteiger partial charge in [0.25, 0.3) is 0 Å². The Morgan fingerprint density at radius 2 is 1.79 bits per heavy atom. The van der Waals surface area contributed by atoms with Gasteiger partial charge in [0.1, 0.15) is 24.4 Å². The van der Waals surface area contributed by atoms with Crippen LogP contribution in [0, 0.1) is 0 Å². The standard InChI is InChI=1S/C12H20O12/c1-4(14)9(18)23-24-10(19)11(2,20)12(21)8(17)7(16)6(15)5(3-13)22-12/h4-8,13-17,20-21H,3H2,1-2H3. The molecule has 0 bridgehead atoms. The minimum absolute atomic E-state index is 0.605. The molecule has 1 aliphatic rings. The molecule has 7 N–H and O–H groups in total. The summed E-state index contributed by atoms with van der Waals surface area (Å²) in [6.45, 7) is 0.669. The third kappa shape index (κ3) is 3.50. The summed E-state index contributed by atoms with van der Waals surface area (Å²) in [6.07, 6.45) is -9.64. The summed E-state index contributed by atoms with van der Waals surface area (Å²) in [5.41, 5.74) is -3.11. The first-order valence-electron chi connectivity index (χ1n) is 6.78. The molecule has 7 atom stereocenters. The lowest BCUT2D eigenvalue weighted by Gasteiger charge is -2.49. The van der Waals surface area contributed by atoms with Crippen molar-refractivity contribution in [3.8, 4) is 0 Å². The fourth-order valence-corrected chi connectivity index (χ4v) is 1.93. The van der Waals surface area contributed by atoms with E-state index in [1.54, 1.807) is 0 Å². The molecule has 0 saturated carbocycles. The van der Waals surface area contributed by atoms with Crippen molar-refractivity contribution in [1.29, 1.82) is 0 Å². The van der Waals surface area contributed by atoms with Crippen LogP contribution in [-0.2, 0) is 24.1 Å². The maximum atomic E-state index is 11.8. The minimum Gasteiger partial charge on any atom is -0.394 e. The predicted molar refractivity (Wildman–Crippen MR) is 69.4 cm³/mol. The average Bonchev–Trinajstić information content (AvgIpc) is 2.53. The second kappa shape index (κ2) is 7.25. The van der Waals surface area contributed by atoms with E-state index in [9.17, 15) is 35.1 Å². The summed E-state index contributed by atoms with van der Waals surface area (Å²) in [6, 6.07) is 0. The predicted octanol–water partition coefficient (Wildman–Crippen LogP) is -4.72. The molecular weight excluding hydrogens is 336 g/mol. The summed E-state index contributed by atoms with van der Waals surface area (Å²) >= 11 is 0. The van der Waals surface area contributed by atoms with Gasteiger partial charge in [-0.15, -0.1) is 0 Å². The van der Waals surface area contributed by atoms with Crippen LogP contribution in [0.5, 0.6) is 0 Å². The highest BCUT2D eigenvalue weighted by Crippen LogP contribution is 2.37. The van der Waals surface area contributed by atoms with Crippen molar-refractivity contribution in [1.82, 2.24) is 0 Å². The lowest BCUT2D eigenvalue weighted by molar-refractivity contribution is -0.397. The molecule has 0 radical (unpaired) electrons. The van der Waals surface area contributed by atoms with Gasteiger partial charge in [-0.1, -0.05) is 0 Å². The molecule has 0 aliphatic carbocycles. The molecule has 1 heterocycles. The fourth-order valence-electron chi connectivity index (χ4n) is 1.93. The van der Waals surface area contributed by atoms with E-state index in [2.05, 4.69) is 9.78 Å². The first kappa shape index (κ1) is 20.7. The zero-order valence-electron chi connectivity index (χ0n) is 12.8. The van der Waals surface area contributed by atoms with Gasteiger partial charge in [0, 0.05) is 0 Å². The molecule has 0 spiro atoms. The molecular formula is C12H20O12. The third-order valence-corrected chi connectivity index (χ3v) is 3.60. The zero-order valence-corrected chi connectivity index (χ0v) is 12.8. The lowest BCUT2D eigenvalue weighted by atomic mass is 9.82. The Kier molecular flexibility index (Phi) is 6.24. The third-order valence-electron chi connectivity index (χ3n) is 3.60. The van der Waals surface area contributed by atoms with E-state index in [0.717, 1.165) is 6.92 Å². The van der Waals surface area contributed by atoms with Crippen LogP contribution < -0.4 is 0 Å². The number of hydrogen-bond acceptors (Lipinski definition) is 12. The Morgan fingerprint density at radius 3 is 2.25 bits per heavy atom. The Bertz CT molecular complexity index is 475. The van der Waals surface area contributed by atoms with E-state index in [1.165, 1.54) is 0 Å². The van der Waals surface area contributed by atoms with E-state index < -0.39 is 60.5 Å². The Hall–Kier alpha value is -1.38. The highest BCUT2D eigenvalue weighted by atomic mass is 17.2. The van der Waals surface area contributed by atoms with Crippen LogP contribution in [0.1, 0.15) is 13.8 Å². The quantitative estimate of drug-likeness (QED) is 0.187. The van der Waals surface area contributed by atoms with Crippen LogP contribution in [0.3, 0.4) is 0 Å². The Balaban J connectivity index is 3.00. The molecule has 1 fully saturated rings. The van der Waals surface area contributed by atoms with Crippen molar-refractivity contribution in [3.63, 3.8) is 0 Å². The van der Waals surface area contributed by atoms with Crippen LogP contribution in [0.15, 0.2) is 0 Å². The highest BCUT2D eigenvalue weighted by Gasteiger charge is 2.65. The lowest BCUT2D eigenvalue weighted by Crippen LogP contribution is -2.74. The molecule has 0 aromatic carbocycles. The molecule has 12 heteroatoms. The highest BCUT2D eigenvalue weighted by molar-refractivity contribution is 5.81. The van der Waals surface area contributed by atoms with Crippen LogP contribution in [0.25, 0.3) is 0 Å². The van der Waals surface area contributed by atoms with Crippen molar-refractivity contribution in [2.45, 2.75) is 55.8 Å². The summed E-state index contributed by atoms with van der Waals surface area (Å²) < 4.78 is 4.76. The van der Waals surface area contributed by atoms with Gasteiger partial charge in [-0.3, -0.25) is 0 Å². The van der Waals surface area contributed by atoms with Crippen LogP contribution in [0.2, 0.25) is 0 Å². The minimum atomic E-state index is -3.23. The Labute approximate surface area is 135 Å². The molecule has 140 valence electrons. The first-order chi connectivity index (χ1) is 10.9. The zero-order chi connectivity index (χ0) is 18.9. The second-order valence-electron chi connectivity index (χ2n) is 5.48. The molecule has 0 aromatic rings. The second-order valence-corrected chi connectivity index (χ2v) is 5.48. The molecule has 24 heavy (non-hydrogen) atoms. The molecule has 1 aliphatic heterocycles. The van der Waals surface area contributed by atoms with Crippen molar-refractivity contribution >= 4 is 11.9 Å². The van der Waals surface area contributed by atoms with Crippen LogP contribution in [-0.4, -0.2) is 96.2 Å². The van der Waals surface area contributed by atoms with Crippen molar-refractivity contribution in [2.75, 3.05) is 6.61 Å². The summed E-state index contributed by atoms with van der Waals surface area (Å²) in [7, 11) is 0. The number of hydrogen-bond donors (Lipinski definition) is 7. The topological polar surface area (TPSA) is 203 Å². The molecule has 12 nitrogen and oxygen atoms in total. The van der Waals surface area contributed by atoms with E-state index >= 15 is 0 Å². The van der Waals surface area contributed by atoms with Crippen molar-refractivity contribution in [3.05, 3.63) is 0 Å². The first-order valence-corrected chi connectivity index (χ1v) is 6.78. The van der Waals surface area contributed by atoms with E-state index in [1.807, 2.05) is 0 Å². The molecule has 1 saturated heterocycles. The number of carbonyl (C=O) groups excluding carboxylic acids is 2. The van der Waals surface area contributed by atoms with Gasteiger partial charge < -0.3 is 40.5 Å². The van der Waals surface area contributed by atoms with Crippen molar-refractivity contribution in [2.24, 2.45) is 0 Å². The van der Waals surface area contributed by atoms with Crippen LogP contribution in [0.4, 0.5) is 0 Å². The van der Waals surface area contributed by atoms with E-state index in [4.69, 9.17) is 14.9 Å². The SMILES string of the molecule is CC(O)C(=O)OOC(=O)C(C)(O)C1(O)OC(CO)C(O)C(O)C1O. The monoisotopic (exact) mass is 356 g/mol. The van der Waals surface area contributed by atoms with E-state index in [-0.39, 0.29) is 0 Å². The van der Waals surface area contributed by atoms with Gasteiger partial charge in [0.15, 0.2) is 6.10 Å². The largest absolute Gasteiger partial charge is 0.394 e. The number of ether oxygens (including phenoxy) is 1. The van der Waals surface area contributed by atoms with Gasteiger partial charge in [0.05, 0.1) is 6.61 Å². The van der Waals surface area contributed by atoms with E-state index in [0.29, 0.717) is 6.92 Å². The number of aliphatic hydroxyl groups excluding tert-OH is 5. The van der Waals surface area contributed by atoms with Crippen LogP contribution >= 0.6 is 0 Å². The number of rotatable bonds is 4. The molecule has 0 amide bonds. The van der Waals surface area contributed by atoms with Gasteiger partial charge in [0.2, 0.25) is 11.4 Å². The average molecular weight is 356 g/mol. The van der Waals surface area contributed by atoms with Crippen molar-refractivity contribution < 1.29 is 59.8 Å². The fraction of sp³-hybridized carbons (Fsp3) is 0.833. The van der Waals surface area contributed by atoms with Gasteiger partial charge in [-0.25, -0.2) is 19.4 Å². The molecule has 0 aromatic heterocycles. The smallest absolute Gasteiger partial charge is 0.392 e. The number of aliphatic hydroxyl groups is 7. The summed E-state index contributed by atoms with van der Waals surface area (Å²) in [5, 5.41) is 67.5.